The molecule has 0 amide bonds. The highest BCUT2D eigenvalue weighted by Gasteiger charge is 2.03. The Hall–Kier alpha value is -3.19. The van der Waals surface area contributed by atoms with Crippen LogP contribution in [0.1, 0.15) is 55.7 Å². The first-order chi connectivity index (χ1) is 14.3. The van der Waals surface area contributed by atoms with E-state index >= 15 is 0 Å². The molecule has 4 heteroatoms. The molecule has 0 radical (unpaired) electrons. The van der Waals surface area contributed by atoms with Gasteiger partial charge in [-0.1, -0.05) is 44.7 Å². The molecule has 4 nitrogen and oxygen atoms in total. The van der Waals surface area contributed by atoms with Crippen LogP contribution in [0.2, 0.25) is 0 Å². The largest absolute Gasteiger partial charge is 0.489 e. The van der Waals surface area contributed by atoms with E-state index in [-0.39, 0.29) is 0 Å². The van der Waals surface area contributed by atoms with Gasteiger partial charge in [0.15, 0.2) is 5.82 Å². The average Bonchev–Trinajstić information content (AvgIpc) is 2.79. The lowest BCUT2D eigenvalue weighted by atomic mass is 10.1. The molecule has 148 valence electrons. The van der Waals surface area contributed by atoms with E-state index in [0.717, 1.165) is 29.1 Å². The maximum Gasteiger partial charge on any atom is 0.159 e. The Balaban J connectivity index is 1.50. The number of benzene rings is 2. The quantitative estimate of drug-likeness (QED) is 0.395. The summed E-state index contributed by atoms with van der Waals surface area (Å²) in [5, 5.41) is 8.85. The third-order valence-corrected chi connectivity index (χ3v) is 4.88. The van der Waals surface area contributed by atoms with E-state index in [1.807, 2.05) is 48.8 Å². The zero-order valence-electron chi connectivity index (χ0n) is 17.0. The van der Waals surface area contributed by atoms with E-state index in [0.29, 0.717) is 12.2 Å². The molecule has 3 rings (SSSR count). The number of aryl methyl sites for hydroxylation is 1. The first-order valence-electron chi connectivity index (χ1n) is 10.3. The van der Waals surface area contributed by atoms with Gasteiger partial charge in [0.1, 0.15) is 12.4 Å². The van der Waals surface area contributed by atoms with Crippen molar-refractivity contribution < 1.29 is 4.74 Å². The number of unbranched alkanes of at least 4 members (excludes halogenated alkanes) is 4. The number of nitrogens with zero attached hydrogens (tertiary/aromatic N) is 3. The second-order valence-electron chi connectivity index (χ2n) is 7.20. The van der Waals surface area contributed by atoms with Crippen molar-refractivity contribution in [1.82, 2.24) is 9.97 Å². The van der Waals surface area contributed by atoms with E-state index in [1.54, 1.807) is 12.1 Å². The fourth-order valence-corrected chi connectivity index (χ4v) is 3.11. The molecule has 1 heterocycles. The van der Waals surface area contributed by atoms with Crippen molar-refractivity contribution in [1.29, 1.82) is 5.26 Å². The van der Waals surface area contributed by atoms with E-state index in [4.69, 9.17) is 10.00 Å². The van der Waals surface area contributed by atoms with Crippen LogP contribution in [0.4, 0.5) is 0 Å². The molecule has 0 aliphatic carbocycles. The van der Waals surface area contributed by atoms with Crippen LogP contribution in [0.5, 0.6) is 5.75 Å². The smallest absolute Gasteiger partial charge is 0.159 e. The van der Waals surface area contributed by atoms with E-state index in [1.165, 1.54) is 37.7 Å². The lowest BCUT2D eigenvalue weighted by Crippen LogP contribution is -1.96. The number of hydrogen-bond donors (Lipinski definition) is 0. The Morgan fingerprint density at radius 1 is 0.828 bits per heavy atom. The molecule has 0 unspecified atom stereocenters. The number of nitriles is 1. The third-order valence-electron chi connectivity index (χ3n) is 4.88. The fraction of sp³-hybridized carbons (Fsp3) is 0.320. The van der Waals surface area contributed by atoms with Crippen molar-refractivity contribution in [2.75, 3.05) is 0 Å². The number of aromatic nitrogens is 2. The Morgan fingerprint density at radius 2 is 1.52 bits per heavy atom. The minimum atomic E-state index is 0.467. The molecule has 0 aliphatic heterocycles. The highest BCUT2D eigenvalue weighted by Crippen LogP contribution is 2.20. The summed E-state index contributed by atoms with van der Waals surface area (Å²) in [4.78, 5) is 9.05. The molecule has 3 aromatic rings. The summed E-state index contributed by atoms with van der Waals surface area (Å²) in [6, 6.07) is 17.4. The van der Waals surface area contributed by atoms with Crippen LogP contribution in [0.15, 0.2) is 60.9 Å². The van der Waals surface area contributed by atoms with Gasteiger partial charge in [0.25, 0.3) is 0 Å². The Morgan fingerprint density at radius 3 is 2.17 bits per heavy atom. The van der Waals surface area contributed by atoms with Gasteiger partial charge in [0.2, 0.25) is 0 Å². The Bertz CT molecular complexity index is 910. The van der Waals surface area contributed by atoms with Crippen LogP contribution in [-0.4, -0.2) is 9.97 Å². The van der Waals surface area contributed by atoms with Crippen molar-refractivity contribution in [2.45, 2.75) is 52.1 Å². The van der Waals surface area contributed by atoms with Gasteiger partial charge in [-0.15, -0.1) is 0 Å². The van der Waals surface area contributed by atoms with Gasteiger partial charge < -0.3 is 4.74 Å². The molecule has 0 fully saturated rings. The van der Waals surface area contributed by atoms with E-state index < -0.39 is 0 Å². The maximum atomic E-state index is 8.85. The van der Waals surface area contributed by atoms with Crippen LogP contribution in [0.25, 0.3) is 11.4 Å². The predicted molar refractivity (Wildman–Crippen MR) is 115 cm³/mol. The summed E-state index contributed by atoms with van der Waals surface area (Å²) in [5.41, 5.74) is 3.86. The molecule has 0 spiro atoms. The summed E-state index contributed by atoms with van der Waals surface area (Å²) in [5.74, 6) is 1.53. The number of ether oxygens (including phenoxy) is 1. The van der Waals surface area contributed by atoms with Crippen molar-refractivity contribution in [2.24, 2.45) is 0 Å². The molecule has 0 bridgehead atoms. The Kier molecular flexibility index (Phi) is 7.77. The molecule has 0 N–H and O–H groups in total. The van der Waals surface area contributed by atoms with Gasteiger partial charge in [-0.05, 0) is 60.4 Å². The molecule has 29 heavy (non-hydrogen) atoms. The Labute approximate surface area is 173 Å². The van der Waals surface area contributed by atoms with Crippen molar-refractivity contribution >= 4 is 0 Å². The third kappa shape index (κ3) is 6.43. The molecule has 2 aromatic carbocycles. The van der Waals surface area contributed by atoms with Crippen LogP contribution in [-0.2, 0) is 13.0 Å². The SMILES string of the molecule is CCCCCCCc1cnc(-c2ccc(OCc3ccc(C#N)cc3)cc2)nc1. The second kappa shape index (κ2) is 11.0. The lowest BCUT2D eigenvalue weighted by molar-refractivity contribution is 0.306. The van der Waals surface area contributed by atoms with E-state index in [9.17, 15) is 0 Å². The zero-order valence-corrected chi connectivity index (χ0v) is 17.0. The second-order valence-corrected chi connectivity index (χ2v) is 7.20. The summed E-state index contributed by atoms with van der Waals surface area (Å²) in [7, 11) is 0. The molecular weight excluding hydrogens is 358 g/mol. The van der Waals surface area contributed by atoms with Gasteiger partial charge in [-0.3, -0.25) is 0 Å². The minimum absolute atomic E-state index is 0.467. The molecule has 0 saturated heterocycles. The summed E-state index contributed by atoms with van der Waals surface area (Å²) in [6.45, 7) is 2.70. The highest BCUT2D eigenvalue weighted by atomic mass is 16.5. The van der Waals surface area contributed by atoms with Crippen LogP contribution >= 0.6 is 0 Å². The van der Waals surface area contributed by atoms with Crippen molar-refractivity contribution in [3.63, 3.8) is 0 Å². The minimum Gasteiger partial charge on any atom is -0.489 e. The molecule has 0 saturated carbocycles. The fourth-order valence-electron chi connectivity index (χ4n) is 3.11. The van der Waals surface area contributed by atoms with Gasteiger partial charge >= 0.3 is 0 Å². The lowest BCUT2D eigenvalue weighted by Gasteiger charge is -2.08. The monoisotopic (exact) mass is 385 g/mol. The topological polar surface area (TPSA) is 58.8 Å². The van der Waals surface area contributed by atoms with Crippen LogP contribution in [0, 0.1) is 11.3 Å². The van der Waals surface area contributed by atoms with Crippen LogP contribution < -0.4 is 4.74 Å². The average molecular weight is 386 g/mol. The maximum absolute atomic E-state index is 8.85. The number of hydrogen-bond acceptors (Lipinski definition) is 4. The van der Waals surface area contributed by atoms with Crippen molar-refractivity contribution in [3.8, 4) is 23.2 Å². The van der Waals surface area contributed by atoms with Crippen LogP contribution in [0.3, 0.4) is 0 Å². The normalized spacial score (nSPS) is 10.5. The summed E-state index contributed by atoms with van der Waals surface area (Å²) < 4.78 is 5.82. The first kappa shape index (κ1) is 20.5. The van der Waals surface area contributed by atoms with Gasteiger partial charge in [0.05, 0.1) is 11.6 Å². The molecule has 0 atom stereocenters. The highest BCUT2D eigenvalue weighted by molar-refractivity contribution is 5.55. The van der Waals surface area contributed by atoms with Gasteiger partial charge in [-0.2, -0.15) is 5.26 Å². The summed E-state index contributed by atoms with van der Waals surface area (Å²) in [6.07, 6.45) is 11.3. The van der Waals surface area contributed by atoms with E-state index in [2.05, 4.69) is 23.0 Å². The molecule has 0 aliphatic rings. The first-order valence-corrected chi connectivity index (χ1v) is 10.3. The van der Waals surface area contributed by atoms with Gasteiger partial charge in [0, 0.05) is 18.0 Å². The molecular formula is C25H27N3O. The predicted octanol–water partition coefficient (Wildman–Crippen LogP) is 6.11. The number of rotatable bonds is 10. The van der Waals surface area contributed by atoms with Crippen molar-refractivity contribution in [3.05, 3.63) is 77.6 Å². The van der Waals surface area contributed by atoms with Gasteiger partial charge in [-0.25, -0.2) is 9.97 Å². The molecule has 1 aromatic heterocycles. The summed E-state index contributed by atoms with van der Waals surface area (Å²) >= 11 is 0. The standard InChI is InChI=1S/C25H27N3O/c1-2-3-4-5-6-7-22-17-27-25(28-18-22)23-12-14-24(15-13-23)29-19-21-10-8-20(16-26)9-11-21/h8-15,17-18H,2-7,19H2,1H3. The zero-order chi connectivity index (χ0) is 20.3.